The summed E-state index contributed by atoms with van der Waals surface area (Å²) in [7, 11) is 0. The molecule has 1 N–H and O–H groups in total. The molecule has 0 aromatic carbocycles. The fraction of sp³-hybridized carbons (Fsp3) is 0.308. The molecule has 0 radical (unpaired) electrons. The lowest BCUT2D eigenvalue weighted by atomic mass is 10.2. The van der Waals surface area contributed by atoms with Crippen LogP contribution in [0, 0.1) is 0 Å². The van der Waals surface area contributed by atoms with Crippen molar-refractivity contribution >= 4 is 17.4 Å². The van der Waals surface area contributed by atoms with E-state index < -0.39 is 0 Å². The van der Waals surface area contributed by atoms with Crippen LogP contribution in [0.5, 0.6) is 0 Å². The van der Waals surface area contributed by atoms with Gasteiger partial charge in [-0.25, -0.2) is 0 Å². The second-order valence-electron chi connectivity index (χ2n) is 5.11. The fourth-order valence-corrected chi connectivity index (χ4v) is 2.56. The Morgan fingerprint density at radius 2 is 2.32 bits per heavy atom. The molecule has 0 spiro atoms. The Hall–Kier alpha value is -2.97. The maximum atomic E-state index is 11.9. The number of hydrogen-bond acceptors (Lipinski definition) is 7. The molecular formula is C13H13N7O2. The van der Waals surface area contributed by atoms with Gasteiger partial charge in [-0.3, -0.25) is 4.79 Å². The molecule has 3 aromatic heterocycles. The third-order valence-corrected chi connectivity index (χ3v) is 3.66. The smallest absolute Gasteiger partial charge is 0.290 e. The SMILES string of the molecule is O=C(N[C@@H]1CCN(c2ccc3nncn3n2)C1)c1ccno1. The van der Waals surface area contributed by atoms with Crippen LogP contribution in [0.4, 0.5) is 5.82 Å². The molecule has 9 heteroatoms. The van der Waals surface area contributed by atoms with Crippen molar-refractivity contribution < 1.29 is 9.32 Å². The second kappa shape index (κ2) is 5.10. The van der Waals surface area contributed by atoms with Crippen LogP contribution in [-0.2, 0) is 0 Å². The third kappa shape index (κ3) is 2.26. The molecular weight excluding hydrogens is 286 g/mol. The van der Waals surface area contributed by atoms with Crippen LogP contribution in [0.2, 0.25) is 0 Å². The lowest BCUT2D eigenvalue weighted by Gasteiger charge is -2.17. The standard InChI is InChI=1S/C13H13N7O2/c21-13(10-3-5-15-22-10)16-9-4-6-19(7-9)12-2-1-11-17-14-8-20(11)18-12/h1-3,5,8-9H,4,6-7H2,(H,16,21)/t9-/m1/s1. The van der Waals surface area contributed by atoms with Crippen LogP contribution in [0.15, 0.2) is 35.2 Å². The van der Waals surface area contributed by atoms with Crippen molar-refractivity contribution in [2.24, 2.45) is 0 Å². The third-order valence-electron chi connectivity index (χ3n) is 3.66. The molecule has 3 aromatic rings. The lowest BCUT2D eigenvalue weighted by Crippen LogP contribution is -2.37. The number of aromatic nitrogens is 5. The number of anilines is 1. The first-order chi connectivity index (χ1) is 10.8. The zero-order chi connectivity index (χ0) is 14.9. The fourth-order valence-electron chi connectivity index (χ4n) is 2.56. The summed E-state index contributed by atoms with van der Waals surface area (Å²) in [5.74, 6) is 0.817. The van der Waals surface area contributed by atoms with Crippen molar-refractivity contribution in [1.29, 1.82) is 0 Å². The summed E-state index contributed by atoms with van der Waals surface area (Å²) in [6.07, 6.45) is 3.87. The molecule has 1 fully saturated rings. The molecule has 1 amide bonds. The highest BCUT2D eigenvalue weighted by Crippen LogP contribution is 2.18. The van der Waals surface area contributed by atoms with Gasteiger partial charge in [0.15, 0.2) is 5.65 Å². The number of amides is 1. The summed E-state index contributed by atoms with van der Waals surface area (Å²) in [5, 5.41) is 18.7. The topological polar surface area (TPSA) is 101 Å². The largest absolute Gasteiger partial charge is 0.353 e. The highest BCUT2D eigenvalue weighted by atomic mass is 16.5. The second-order valence-corrected chi connectivity index (χ2v) is 5.11. The molecule has 0 bridgehead atoms. The number of fused-ring (bicyclic) bond motifs is 1. The molecule has 1 atom stereocenters. The highest BCUT2D eigenvalue weighted by molar-refractivity contribution is 5.91. The first-order valence-electron chi connectivity index (χ1n) is 6.93. The Kier molecular flexibility index (Phi) is 2.95. The number of hydrogen-bond donors (Lipinski definition) is 1. The maximum absolute atomic E-state index is 11.9. The Morgan fingerprint density at radius 1 is 1.36 bits per heavy atom. The van der Waals surface area contributed by atoms with Crippen molar-refractivity contribution in [2.45, 2.75) is 12.5 Å². The van der Waals surface area contributed by atoms with Gasteiger partial charge in [-0.15, -0.1) is 15.3 Å². The minimum Gasteiger partial charge on any atom is -0.353 e. The van der Waals surface area contributed by atoms with Crippen LogP contribution in [-0.4, -0.2) is 50.0 Å². The van der Waals surface area contributed by atoms with Gasteiger partial charge < -0.3 is 14.7 Å². The van der Waals surface area contributed by atoms with Gasteiger partial charge >= 0.3 is 0 Å². The van der Waals surface area contributed by atoms with E-state index in [-0.39, 0.29) is 17.7 Å². The average molecular weight is 299 g/mol. The van der Waals surface area contributed by atoms with E-state index in [9.17, 15) is 4.79 Å². The van der Waals surface area contributed by atoms with Crippen LogP contribution >= 0.6 is 0 Å². The molecule has 112 valence electrons. The van der Waals surface area contributed by atoms with Gasteiger partial charge in [0.05, 0.1) is 6.20 Å². The van der Waals surface area contributed by atoms with E-state index in [1.165, 1.54) is 6.20 Å². The quantitative estimate of drug-likeness (QED) is 0.733. The molecule has 4 rings (SSSR count). The van der Waals surface area contributed by atoms with Gasteiger partial charge in [-0.2, -0.15) is 4.52 Å². The van der Waals surface area contributed by atoms with Crippen molar-refractivity contribution in [3.8, 4) is 0 Å². The molecule has 9 nitrogen and oxygen atoms in total. The summed E-state index contributed by atoms with van der Waals surface area (Å²) in [4.78, 5) is 14.1. The zero-order valence-corrected chi connectivity index (χ0v) is 11.6. The number of rotatable bonds is 3. The molecule has 4 heterocycles. The predicted molar refractivity (Wildman–Crippen MR) is 75.4 cm³/mol. The zero-order valence-electron chi connectivity index (χ0n) is 11.6. The number of carbonyl (C=O) groups excluding carboxylic acids is 1. The average Bonchev–Trinajstić information content (AvgIpc) is 3.27. The van der Waals surface area contributed by atoms with Gasteiger partial charge in [-0.1, -0.05) is 5.16 Å². The normalized spacial score (nSPS) is 18.0. The van der Waals surface area contributed by atoms with Crippen LogP contribution in [0.25, 0.3) is 5.65 Å². The lowest BCUT2D eigenvalue weighted by molar-refractivity contribution is 0.0903. The first kappa shape index (κ1) is 12.7. The number of carbonyl (C=O) groups is 1. The van der Waals surface area contributed by atoms with E-state index in [2.05, 4.69) is 30.7 Å². The molecule has 22 heavy (non-hydrogen) atoms. The van der Waals surface area contributed by atoms with Gasteiger partial charge in [0.2, 0.25) is 5.76 Å². The van der Waals surface area contributed by atoms with E-state index in [1.54, 1.807) is 16.9 Å². The number of nitrogens with one attached hydrogen (secondary N) is 1. The summed E-state index contributed by atoms with van der Waals surface area (Å²) in [5.41, 5.74) is 0.707. The van der Waals surface area contributed by atoms with Gasteiger partial charge in [0.1, 0.15) is 12.1 Å². The predicted octanol–water partition coefficient (Wildman–Crippen LogP) is 0.121. The van der Waals surface area contributed by atoms with Crippen LogP contribution in [0.3, 0.4) is 0 Å². The van der Waals surface area contributed by atoms with E-state index in [4.69, 9.17) is 4.52 Å². The minimum absolute atomic E-state index is 0.0519. The molecule has 0 saturated carbocycles. The van der Waals surface area contributed by atoms with Gasteiger partial charge in [-0.05, 0) is 18.6 Å². The Bertz CT molecular complexity index is 798. The minimum atomic E-state index is -0.244. The van der Waals surface area contributed by atoms with Crippen molar-refractivity contribution in [1.82, 2.24) is 30.3 Å². The van der Waals surface area contributed by atoms with Crippen LogP contribution < -0.4 is 10.2 Å². The summed E-state index contributed by atoms with van der Waals surface area (Å²) in [6.45, 7) is 1.52. The van der Waals surface area contributed by atoms with E-state index in [0.717, 1.165) is 18.8 Å². The molecule has 1 aliphatic heterocycles. The first-order valence-corrected chi connectivity index (χ1v) is 6.93. The number of nitrogens with zero attached hydrogens (tertiary/aromatic N) is 6. The van der Waals surface area contributed by atoms with E-state index in [1.807, 2.05) is 12.1 Å². The van der Waals surface area contributed by atoms with Crippen molar-refractivity contribution in [3.05, 3.63) is 36.5 Å². The molecule has 0 unspecified atom stereocenters. The van der Waals surface area contributed by atoms with Gasteiger partial charge in [0, 0.05) is 25.2 Å². The monoisotopic (exact) mass is 299 g/mol. The highest BCUT2D eigenvalue weighted by Gasteiger charge is 2.26. The van der Waals surface area contributed by atoms with Gasteiger partial charge in [0.25, 0.3) is 5.91 Å². The van der Waals surface area contributed by atoms with E-state index in [0.29, 0.717) is 12.2 Å². The Labute approximate surface area is 124 Å². The van der Waals surface area contributed by atoms with Crippen LogP contribution in [0.1, 0.15) is 17.0 Å². The molecule has 0 aliphatic carbocycles. The summed E-state index contributed by atoms with van der Waals surface area (Å²) in [6, 6.07) is 5.38. The van der Waals surface area contributed by atoms with Crippen molar-refractivity contribution in [2.75, 3.05) is 18.0 Å². The maximum Gasteiger partial charge on any atom is 0.290 e. The summed E-state index contributed by atoms with van der Waals surface area (Å²) < 4.78 is 6.49. The summed E-state index contributed by atoms with van der Waals surface area (Å²) >= 11 is 0. The molecule has 1 aliphatic rings. The van der Waals surface area contributed by atoms with Crippen molar-refractivity contribution in [3.63, 3.8) is 0 Å². The Balaban J connectivity index is 1.44. The molecule has 1 saturated heterocycles. The van der Waals surface area contributed by atoms with E-state index >= 15 is 0 Å². The Morgan fingerprint density at radius 3 is 3.18 bits per heavy atom.